The lowest BCUT2D eigenvalue weighted by Crippen LogP contribution is -2.61. The van der Waals surface area contributed by atoms with Crippen LogP contribution in [0.3, 0.4) is 0 Å². The Hall–Kier alpha value is -1.50. The van der Waals surface area contributed by atoms with Gasteiger partial charge in [0.15, 0.2) is 18.7 Å². The first-order valence-corrected chi connectivity index (χ1v) is 20.1. The fourth-order valence-electron chi connectivity index (χ4n) is 6.39. The van der Waals surface area contributed by atoms with Gasteiger partial charge in [-0.2, -0.15) is 0 Å². The Labute approximate surface area is 315 Å². The first-order chi connectivity index (χ1) is 25.5. The van der Waals surface area contributed by atoms with Crippen molar-refractivity contribution in [2.24, 2.45) is 0 Å². The topological polar surface area (TPSA) is 231 Å². The summed E-state index contributed by atoms with van der Waals surface area (Å²) in [5.74, 6) is -0.933. The second-order valence-electron chi connectivity index (χ2n) is 14.5. The second-order valence-corrected chi connectivity index (χ2v) is 14.5. The van der Waals surface area contributed by atoms with Crippen LogP contribution in [0.25, 0.3) is 0 Å². The average Bonchev–Trinajstić information content (AvgIpc) is 3.15. The van der Waals surface area contributed by atoms with Gasteiger partial charge in [0.25, 0.3) is 0 Å². The molecule has 11 atom stereocenters. The summed E-state index contributed by atoms with van der Waals surface area (Å²) in [7, 11) is 0. The van der Waals surface area contributed by atoms with E-state index < -0.39 is 92.7 Å². The normalized spacial score (nSPS) is 29.5. The van der Waals surface area contributed by atoms with Crippen LogP contribution in [0.1, 0.15) is 136 Å². The van der Waals surface area contributed by atoms with Crippen molar-refractivity contribution in [2.45, 2.75) is 203 Å². The molecule has 11 unspecified atom stereocenters. The van der Waals surface area contributed by atoms with Crippen molar-refractivity contribution in [3.8, 4) is 0 Å². The number of rotatable bonds is 29. The molecule has 2 aliphatic rings. The molecule has 312 valence electrons. The van der Waals surface area contributed by atoms with Gasteiger partial charge < -0.3 is 64.2 Å². The number of aliphatic hydroxyl groups is 7. The summed E-state index contributed by atoms with van der Waals surface area (Å²) in [5, 5.41) is 71.5. The van der Waals surface area contributed by atoms with Crippen molar-refractivity contribution in [1.82, 2.24) is 0 Å². The predicted octanol–water partition coefficient (Wildman–Crippen LogP) is 2.53. The summed E-state index contributed by atoms with van der Waals surface area (Å²) < 4.78 is 33.2. The number of unbranched alkanes of at least 4 members (excludes halogenated alkanes) is 15. The minimum Gasteiger partial charge on any atom is -0.462 e. The van der Waals surface area contributed by atoms with Crippen LogP contribution in [-0.4, -0.2) is 142 Å². The molecule has 2 heterocycles. The molecular weight excluding hydrogens is 696 g/mol. The third kappa shape index (κ3) is 18.3. The molecule has 15 nitrogen and oxygen atoms in total. The minimum absolute atomic E-state index is 0.171. The van der Waals surface area contributed by atoms with Gasteiger partial charge in [-0.1, -0.05) is 110 Å². The Morgan fingerprint density at radius 1 is 0.528 bits per heavy atom. The zero-order valence-electron chi connectivity index (χ0n) is 32.0. The highest BCUT2D eigenvalue weighted by molar-refractivity contribution is 5.70. The maximum atomic E-state index is 12.8. The molecule has 0 aliphatic carbocycles. The van der Waals surface area contributed by atoms with Crippen LogP contribution in [-0.2, 0) is 38.0 Å². The van der Waals surface area contributed by atoms with E-state index in [2.05, 4.69) is 13.8 Å². The summed E-state index contributed by atoms with van der Waals surface area (Å²) in [5.41, 5.74) is 0. The number of hydrogen-bond acceptors (Lipinski definition) is 15. The second kappa shape index (κ2) is 28.0. The van der Waals surface area contributed by atoms with Gasteiger partial charge in [0, 0.05) is 12.8 Å². The first-order valence-electron chi connectivity index (χ1n) is 20.1. The molecular formula is C38H70O15. The lowest BCUT2D eigenvalue weighted by molar-refractivity contribution is -0.332. The van der Waals surface area contributed by atoms with Gasteiger partial charge in [0.05, 0.1) is 19.8 Å². The zero-order chi connectivity index (χ0) is 39.0. The van der Waals surface area contributed by atoms with Crippen LogP contribution in [0.5, 0.6) is 0 Å². The van der Waals surface area contributed by atoms with Crippen LogP contribution >= 0.6 is 0 Å². The molecule has 0 aromatic heterocycles. The number of hydrogen-bond donors (Lipinski definition) is 7. The maximum absolute atomic E-state index is 12.8. The van der Waals surface area contributed by atoms with Crippen molar-refractivity contribution in [3.63, 3.8) is 0 Å². The van der Waals surface area contributed by atoms with Crippen molar-refractivity contribution in [2.75, 3.05) is 26.4 Å². The van der Waals surface area contributed by atoms with Crippen LogP contribution in [0, 0.1) is 0 Å². The molecule has 2 fully saturated rings. The van der Waals surface area contributed by atoms with E-state index >= 15 is 0 Å². The summed E-state index contributed by atoms with van der Waals surface area (Å²) in [6.45, 7) is 2.47. The lowest BCUT2D eigenvalue weighted by atomic mass is 9.98. The van der Waals surface area contributed by atoms with Gasteiger partial charge >= 0.3 is 11.9 Å². The third-order valence-corrected chi connectivity index (χ3v) is 9.84. The third-order valence-electron chi connectivity index (χ3n) is 9.84. The lowest BCUT2D eigenvalue weighted by Gasteiger charge is -2.42. The van der Waals surface area contributed by atoms with E-state index in [0.29, 0.717) is 12.8 Å². The highest BCUT2D eigenvalue weighted by Gasteiger charge is 2.47. The van der Waals surface area contributed by atoms with Crippen molar-refractivity contribution >= 4 is 11.9 Å². The summed E-state index contributed by atoms with van der Waals surface area (Å²) in [4.78, 5) is 25.3. The molecule has 0 aromatic carbocycles. The smallest absolute Gasteiger partial charge is 0.306 e. The highest BCUT2D eigenvalue weighted by atomic mass is 16.7. The Morgan fingerprint density at radius 2 is 0.962 bits per heavy atom. The summed E-state index contributed by atoms with van der Waals surface area (Å²) in [6.07, 6.45) is 2.03. The highest BCUT2D eigenvalue weighted by Crippen LogP contribution is 2.26. The number of ether oxygens (including phenoxy) is 6. The average molecular weight is 767 g/mol. The Balaban J connectivity index is 1.90. The van der Waals surface area contributed by atoms with E-state index in [1.54, 1.807) is 0 Å². The van der Waals surface area contributed by atoms with Crippen molar-refractivity contribution in [3.05, 3.63) is 0 Å². The molecule has 0 amide bonds. The molecule has 0 spiro atoms. The van der Waals surface area contributed by atoms with E-state index in [1.165, 1.54) is 44.9 Å². The number of carbonyl (C=O) groups is 2. The Kier molecular flexibility index (Phi) is 25.2. The Morgan fingerprint density at radius 3 is 1.47 bits per heavy atom. The van der Waals surface area contributed by atoms with Gasteiger partial charge in [-0.05, 0) is 12.8 Å². The molecule has 0 aromatic rings. The molecule has 15 heteroatoms. The van der Waals surface area contributed by atoms with Crippen molar-refractivity contribution in [1.29, 1.82) is 0 Å². The van der Waals surface area contributed by atoms with E-state index in [0.717, 1.165) is 51.4 Å². The van der Waals surface area contributed by atoms with E-state index in [1.807, 2.05) is 0 Å². The molecule has 0 bridgehead atoms. The van der Waals surface area contributed by atoms with Crippen LogP contribution in [0.4, 0.5) is 0 Å². The number of aliphatic hydroxyl groups excluding tert-OH is 7. The summed E-state index contributed by atoms with van der Waals surface area (Å²) >= 11 is 0. The van der Waals surface area contributed by atoms with Crippen LogP contribution < -0.4 is 0 Å². The van der Waals surface area contributed by atoms with E-state index in [-0.39, 0.29) is 26.1 Å². The number of esters is 2. The van der Waals surface area contributed by atoms with E-state index in [9.17, 15) is 45.3 Å². The summed E-state index contributed by atoms with van der Waals surface area (Å²) in [6, 6.07) is 0. The van der Waals surface area contributed by atoms with Gasteiger partial charge in [-0.25, -0.2) is 0 Å². The SMILES string of the molecule is CCCCCCCCCCCCCC(=O)OC(COC(=O)CCCCCCCC)COC1OC(COC2OC(CO)C(O)C(O)C2O)C(O)C(O)C1O. The fourth-order valence-corrected chi connectivity index (χ4v) is 6.39. The maximum Gasteiger partial charge on any atom is 0.306 e. The predicted molar refractivity (Wildman–Crippen MR) is 192 cm³/mol. The van der Waals surface area contributed by atoms with Gasteiger partial charge in [-0.15, -0.1) is 0 Å². The fraction of sp³-hybridized carbons (Fsp3) is 0.947. The molecule has 2 aliphatic heterocycles. The van der Waals surface area contributed by atoms with E-state index in [4.69, 9.17) is 28.4 Å². The van der Waals surface area contributed by atoms with Gasteiger partial charge in [0.2, 0.25) is 0 Å². The molecule has 0 saturated carbocycles. The van der Waals surface area contributed by atoms with Crippen LogP contribution in [0.2, 0.25) is 0 Å². The monoisotopic (exact) mass is 766 g/mol. The first kappa shape index (κ1) is 47.7. The number of carbonyl (C=O) groups excluding carboxylic acids is 2. The standard InChI is InChI=1S/C38H70O15/c1-3-5-7-9-11-12-13-14-15-17-19-21-30(41)51-26(23-48-29(40)20-18-16-10-8-6-4-2)24-49-37-36(47)34(45)32(43)28(53-37)25-50-38-35(46)33(44)31(42)27(22-39)52-38/h26-28,31-39,42-47H,3-25H2,1-2H3. The molecule has 2 rings (SSSR count). The zero-order valence-corrected chi connectivity index (χ0v) is 32.0. The Bertz CT molecular complexity index is 955. The quantitative estimate of drug-likeness (QED) is 0.0429. The largest absolute Gasteiger partial charge is 0.462 e. The molecule has 7 N–H and O–H groups in total. The molecule has 53 heavy (non-hydrogen) atoms. The van der Waals surface area contributed by atoms with Crippen LogP contribution in [0.15, 0.2) is 0 Å². The van der Waals surface area contributed by atoms with Gasteiger partial charge in [-0.3, -0.25) is 9.59 Å². The van der Waals surface area contributed by atoms with Gasteiger partial charge in [0.1, 0.15) is 55.4 Å². The van der Waals surface area contributed by atoms with Crippen molar-refractivity contribution < 1.29 is 73.8 Å². The molecule has 0 radical (unpaired) electrons. The minimum atomic E-state index is -1.76. The molecule has 2 saturated heterocycles.